The first-order valence-corrected chi connectivity index (χ1v) is 10.0. The van der Waals surface area contributed by atoms with E-state index < -0.39 is 0 Å². The third kappa shape index (κ3) is 8.12. The Labute approximate surface area is 159 Å². The van der Waals surface area contributed by atoms with Gasteiger partial charge in [0.05, 0.1) is 6.17 Å². The highest BCUT2D eigenvalue weighted by Crippen LogP contribution is 2.26. The molecule has 0 heterocycles. The molecule has 0 fully saturated rings. The van der Waals surface area contributed by atoms with Crippen LogP contribution < -0.4 is 22.9 Å². The number of hydrogen-bond donors (Lipinski definition) is 4. The van der Waals surface area contributed by atoms with E-state index in [1.807, 2.05) is 0 Å². The van der Waals surface area contributed by atoms with Gasteiger partial charge in [0.15, 0.2) is 0 Å². The van der Waals surface area contributed by atoms with Crippen LogP contribution in [0.4, 0.5) is 0 Å². The van der Waals surface area contributed by atoms with Crippen LogP contribution in [0.25, 0.3) is 0 Å². The summed E-state index contributed by atoms with van der Waals surface area (Å²) in [6.07, 6.45) is 4.14. The summed E-state index contributed by atoms with van der Waals surface area (Å²) in [5.41, 5.74) is 25.8. The molecule has 1 rings (SSSR count). The topological polar surface area (TPSA) is 111 Å². The van der Waals surface area contributed by atoms with Crippen molar-refractivity contribution >= 4 is 0 Å². The Morgan fingerprint density at radius 1 is 0.654 bits per heavy atom. The summed E-state index contributed by atoms with van der Waals surface area (Å²) in [6, 6.07) is 8.87. The smallest absolute Gasteiger partial charge is 0.0886 e. The van der Waals surface area contributed by atoms with Gasteiger partial charge in [-0.3, -0.25) is 9.80 Å². The summed E-state index contributed by atoms with van der Waals surface area (Å²) < 4.78 is 0. The molecule has 1 aromatic rings. The van der Waals surface area contributed by atoms with Gasteiger partial charge in [0.2, 0.25) is 0 Å². The molecule has 8 N–H and O–H groups in total. The number of nitrogens with zero attached hydrogens (tertiary/aromatic N) is 2. The highest BCUT2D eigenvalue weighted by Gasteiger charge is 2.26. The third-order valence-corrected chi connectivity index (χ3v) is 4.67. The molecule has 0 spiro atoms. The molecule has 0 aromatic heterocycles. The summed E-state index contributed by atoms with van der Waals surface area (Å²) in [6.45, 7) is 8.80. The molecule has 26 heavy (non-hydrogen) atoms. The van der Waals surface area contributed by atoms with Gasteiger partial charge in [-0.05, 0) is 64.3 Å². The molecule has 0 unspecified atom stereocenters. The molecule has 0 aliphatic heterocycles. The van der Waals surface area contributed by atoms with E-state index in [-0.39, 0.29) is 6.17 Å². The zero-order chi connectivity index (χ0) is 19.2. The van der Waals surface area contributed by atoms with Crippen LogP contribution in [0.2, 0.25) is 0 Å². The average molecular weight is 365 g/mol. The van der Waals surface area contributed by atoms with Crippen LogP contribution in [0.1, 0.15) is 43.0 Å². The fourth-order valence-corrected chi connectivity index (χ4v) is 3.28. The standard InChI is InChI=1S/C20H40N6/c1-18-6-8-19(9-7-18)20(25(14-2-10-21)15-3-11-22)26(16-4-12-23)17-5-13-24/h6-9,20H,2-5,10-17,21-24H2,1H3. The second kappa shape index (κ2) is 14.1. The molecule has 6 nitrogen and oxygen atoms in total. The van der Waals surface area contributed by atoms with E-state index in [0.717, 1.165) is 51.9 Å². The van der Waals surface area contributed by atoms with Crippen LogP contribution >= 0.6 is 0 Å². The zero-order valence-corrected chi connectivity index (χ0v) is 16.6. The van der Waals surface area contributed by atoms with Crippen LogP contribution in [0.3, 0.4) is 0 Å². The zero-order valence-electron chi connectivity index (χ0n) is 16.6. The maximum atomic E-state index is 5.80. The predicted octanol–water partition coefficient (Wildman–Crippen LogP) is 0.993. The van der Waals surface area contributed by atoms with Gasteiger partial charge in [-0.1, -0.05) is 29.8 Å². The van der Waals surface area contributed by atoms with E-state index in [9.17, 15) is 0 Å². The van der Waals surface area contributed by atoms with Crippen LogP contribution in [0.5, 0.6) is 0 Å². The maximum absolute atomic E-state index is 5.80. The summed E-state index contributed by atoms with van der Waals surface area (Å²) in [5.74, 6) is 0. The molecule has 6 heteroatoms. The Kier molecular flexibility index (Phi) is 12.5. The number of aryl methyl sites for hydroxylation is 1. The first kappa shape index (κ1) is 23.0. The summed E-state index contributed by atoms with van der Waals surface area (Å²) >= 11 is 0. The number of rotatable bonds is 15. The molecule has 150 valence electrons. The Balaban J connectivity index is 3.14. The quantitative estimate of drug-likeness (QED) is 0.346. The molecular weight excluding hydrogens is 324 g/mol. The van der Waals surface area contributed by atoms with Gasteiger partial charge in [0.25, 0.3) is 0 Å². The van der Waals surface area contributed by atoms with Crippen molar-refractivity contribution in [2.45, 2.75) is 38.8 Å². The predicted molar refractivity (Wildman–Crippen MR) is 112 cm³/mol. The Bertz CT molecular complexity index is 414. The lowest BCUT2D eigenvalue weighted by Gasteiger charge is -2.40. The first-order chi connectivity index (χ1) is 12.7. The largest absolute Gasteiger partial charge is 0.330 e. The number of benzene rings is 1. The van der Waals surface area contributed by atoms with Crippen molar-refractivity contribution < 1.29 is 0 Å². The van der Waals surface area contributed by atoms with Crippen molar-refractivity contribution in [2.75, 3.05) is 52.4 Å². The van der Waals surface area contributed by atoms with E-state index in [0.29, 0.717) is 26.2 Å². The summed E-state index contributed by atoms with van der Waals surface area (Å²) in [7, 11) is 0. The van der Waals surface area contributed by atoms with Crippen molar-refractivity contribution in [1.82, 2.24) is 9.80 Å². The van der Waals surface area contributed by atoms with Gasteiger partial charge >= 0.3 is 0 Å². The van der Waals surface area contributed by atoms with Gasteiger partial charge in [-0.15, -0.1) is 0 Å². The SMILES string of the molecule is Cc1ccc(C(N(CCCN)CCCN)N(CCCN)CCCN)cc1. The van der Waals surface area contributed by atoms with E-state index >= 15 is 0 Å². The first-order valence-electron chi connectivity index (χ1n) is 10.0. The van der Waals surface area contributed by atoms with Crippen molar-refractivity contribution in [3.05, 3.63) is 35.4 Å². The van der Waals surface area contributed by atoms with Gasteiger partial charge in [-0.2, -0.15) is 0 Å². The van der Waals surface area contributed by atoms with Crippen molar-refractivity contribution in [3.63, 3.8) is 0 Å². The second-order valence-electron chi connectivity index (χ2n) is 6.93. The molecule has 0 radical (unpaired) electrons. The van der Waals surface area contributed by atoms with E-state index in [1.54, 1.807) is 0 Å². The minimum Gasteiger partial charge on any atom is -0.330 e. The fourth-order valence-electron chi connectivity index (χ4n) is 3.28. The molecular formula is C20H40N6. The number of nitrogens with two attached hydrogens (primary N) is 4. The third-order valence-electron chi connectivity index (χ3n) is 4.67. The lowest BCUT2D eigenvalue weighted by Crippen LogP contribution is -2.44. The molecule has 0 aliphatic carbocycles. The molecule has 0 saturated heterocycles. The fraction of sp³-hybridized carbons (Fsp3) is 0.700. The van der Waals surface area contributed by atoms with Crippen LogP contribution in [0, 0.1) is 6.92 Å². The molecule has 0 saturated carbocycles. The second-order valence-corrected chi connectivity index (χ2v) is 6.93. The maximum Gasteiger partial charge on any atom is 0.0886 e. The Morgan fingerprint density at radius 3 is 1.31 bits per heavy atom. The van der Waals surface area contributed by atoms with Crippen molar-refractivity contribution in [1.29, 1.82) is 0 Å². The van der Waals surface area contributed by atoms with Crippen molar-refractivity contribution in [3.8, 4) is 0 Å². The lowest BCUT2D eigenvalue weighted by molar-refractivity contribution is 0.0379. The normalized spacial score (nSPS) is 11.8. The lowest BCUT2D eigenvalue weighted by atomic mass is 10.1. The summed E-state index contributed by atoms with van der Waals surface area (Å²) in [4.78, 5) is 5.05. The van der Waals surface area contributed by atoms with Gasteiger partial charge in [-0.25, -0.2) is 0 Å². The van der Waals surface area contributed by atoms with E-state index in [2.05, 4.69) is 41.0 Å². The van der Waals surface area contributed by atoms with E-state index in [1.165, 1.54) is 11.1 Å². The summed E-state index contributed by atoms with van der Waals surface area (Å²) in [5, 5.41) is 0. The minimum atomic E-state index is 0.215. The minimum absolute atomic E-state index is 0.215. The van der Waals surface area contributed by atoms with E-state index in [4.69, 9.17) is 22.9 Å². The molecule has 1 aromatic carbocycles. The highest BCUT2D eigenvalue weighted by atomic mass is 15.4. The van der Waals surface area contributed by atoms with Crippen LogP contribution in [-0.4, -0.2) is 62.2 Å². The molecule has 0 bridgehead atoms. The Hall–Kier alpha value is -1.02. The van der Waals surface area contributed by atoms with Gasteiger partial charge in [0, 0.05) is 26.2 Å². The highest BCUT2D eigenvalue weighted by molar-refractivity contribution is 5.24. The monoisotopic (exact) mass is 364 g/mol. The van der Waals surface area contributed by atoms with Crippen molar-refractivity contribution in [2.24, 2.45) is 22.9 Å². The number of hydrogen-bond acceptors (Lipinski definition) is 6. The molecule has 0 amide bonds. The van der Waals surface area contributed by atoms with Gasteiger partial charge in [0.1, 0.15) is 0 Å². The molecule has 0 aliphatic rings. The average Bonchev–Trinajstić information content (AvgIpc) is 2.66. The van der Waals surface area contributed by atoms with Crippen LogP contribution in [0.15, 0.2) is 24.3 Å². The van der Waals surface area contributed by atoms with Crippen LogP contribution in [-0.2, 0) is 0 Å². The Morgan fingerprint density at radius 2 is 1.00 bits per heavy atom. The van der Waals surface area contributed by atoms with Gasteiger partial charge < -0.3 is 22.9 Å². The molecule has 0 atom stereocenters.